The predicted molar refractivity (Wildman–Crippen MR) is 106 cm³/mol. The van der Waals surface area contributed by atoms with E-state index in [9.17, 15) is 4.79 Å². The fraction of sp³-hybridized carbons (Fsp3) is 0.318. The SMILES string of the molecule is COC(=O)C(C)C(C)/C=C\CCOc1ccc(Nc2ccccc2)cc1. The lowest BCUT2D eigenvalue weighted by atomic mass is 9.95. The van der Waals surface area contributed by atoms with E-state index in [1.54, 1.807) is 0 Å². The van der Waals surface area contributed by atoms with Crippen molar-refractivity contribution < 1.29 is 14.3 Å². The number of nitrogens with one attached hydrogen (secondary N) is 1. The Kier molecular flexibility index (Phi) is 7.75. The van der Waals surface area contributed by atoms with E-state index >= 15 is 0 Å². The molecular weight excluding hydrogens is 326 g/mol. The fourth-order valence-electron chi connectivity index (χ4n) is 2.45. The molecule has 0 aromatic heterocycles. The highest BCUT2D eigenvalue weighted by molar-refractivity contribution is 5.72. The quantitative estimate of drug-likeness (QED) is 0.382. The molecule has 26 heavy (non-hydrogen) atoms. The Bertz CT molecular complexity index is 695. The van der Waals surface area contributed by atoms with Gasteiger partial charge in [-0.25, -0.2) is 0 Å². The first-order valence-electron chi connectivity index (χ1n) is 8.89. The summed E-state index contributed by atoms with van der Waals surface area (Å²) in [5.41, 5.74) is 2.08. The summed E-state index contributed by atoms with van der Waals surface area (Å²) in [5, 5.41) is 3.34. The third kappa shape index (κ3) is 6.28. The van der Waals surface area contributed by atoms with Crippen LogP contribution in [-0.4, -0.2) is 19.7 Å². The molecule has 0 aliphatic carbocycles. The summed E-state index contributed by atoms with van der Waals surface area (Å²) in [4.78, 5) is 11.5. The minimum atomic E-state index is -0.178. The van der Waals surface area contributed by atoms with Crippen molar-refractivity contribution in [2.75, 3.05) is 19.0 Å². The van der Waals surface area contributed by atoms with Gasteiger partial charge in [0.25, 0.3) is 0 Å². The number of rotatable bonds is 9. The number of para-hydroxylation sites is 1. The Labute approximate surface area is 155 Å². The highest BCUT2D eigenvalue weighted by atomic mass is 16.5. The molecule has 2 aromatic carbocycles. The molecule has 0 amide bonds. The predicted octanol–water partition coefficient (Wildman–Crippen LogP) is 5.20. The van der Waals surface area contributed by atoms with Gasteiger partial charge < -0.3 is 14.8 Å². The molecule has 0 aliphatic rings. The van der Waals surface area contributed by atoms with Gasteiger partial charge in [0.2, 0.25) is 0 Å². The van der Waals surface area contributed by atoms with Crippen LogP contribution in [0.25, 0.3) is 0 Å². The standard InChI is InChI=1S/C22H27NO3/c1-17(18(2)22(24)25-3)9-7-8-16-26-21-14-12-20(13-15-21)23-19-10-5-4-6-11-19/h4-7,9-15,17-18,23H,8,16H2,1-3H3/b9-7-. The lowest BCUT2D eigenvalue weighted by Gasteiger charge is -2.13. The third-order valence-electron chi connectivity index (χ3n) is 4.27. The zero-order valence-corrected chi connectivity index (χ0v) is 15.6. The molecule has 0 aliphatic heterocycles. The Morgan fingerprint density at radius 1 is 1.04 bits per heavy atom. The van der Waals surface area contributed by atoms with Crippen LogP contribution in [0.3, 0.4) is 0 Å². The summed E-state index contributed by atoms with van der Waals surface area (Å²) in [7, 11) is 1.42. The van der Waals surface area contributed by atoms with Crippen LogP contribution in [0, 0.1) is 11.8 Å². The highest BCUT2D eigenvalue weighted by Gasteiger charge is 2.18. The number of allylic oxidation sites excluding steroid dienone is 1. The molecule has 0 bridgehead atoms. The molecule has 4 nitrogen and oxygen atoms in total. The molecule has 0 heterocycles. The van der Waals surface area contributed by atoms with Crippen LogP contribution >= 0.6 is 0 Å². The maximum absolute atomic E-state index is 11.5. The van der Waals surface area contributed by atoms with E-state index < -0.39 is 0 Å². The molecule has 2 rings (SSSR count). The topological polar surface area (TPSA) is 47.6 Å². The normalized spacial score (nSPS) is 13.2. The lowest BCUT2D eigenvalue weighted by Crippen LogP contribution is -2.18. The van der Waals surface area contributed by atoms with Crippen LogP contribution in [-0.2, 0) is 9.53 Å². The molecule has 0 saturated heterocycles. The second-order valence-corrected chi connectivity index (χ2v) is 6.25. The van der Waals surface area contributed by atoms with Crippen molar-refractivity contribution in [3.63, 3.8) is 0 Å². The van der Waals surface area contributed by atoms with E-state index in [0.717, 1.165) is 23.5 Å². The smallest absolute Gasteiger partial charge is 0.308 e. The van der Waals surface area contributed by atoms with Crippen molar-refractivity contribution >= 4 is 17.3 Å². The highest BCUT2D eigenvalue weighted by Crippen LogP contribution is 2.20. The van der Waals surface area contributed by atoms with Gasteiger partial charge in [0.05, 0.1) is 19.6 Å². The van der Waals surface area contributed by atoms with E-state index in [1.165, 1.54) is 7.11 Å². The first kappa shape index (κ1) is 19.6. The summed E-state index contributed by atoms with van der Waals surface area (Å²) < 4.78 is 10.5. The molecule has 2 atom stereocenters. The molecular formula is C22H27NO3. The minimum Gasteiger partial charge on any atom is -0.493 e. The van der Waals surface area contributed by atoms with Gasteiger partial charge >= 0.3 is 5.97 Å². The number of benzene rings is 2. The third-order valence-corrected chi connectivity index (χ3v) is 4.27. The summed E-state index contributed by atoms with van der Waals surface area (Å²) in [6.07, 6.45) is 4.88. The van der Waals surface area contributed by atoms with E-state index in [-0.39, 0.29) is 17.8 Å². The Hall–Kier alpha value is -2.75. The van der Waals surface area contributed by atoms with E-state index in [4.69, 9.17) is 9.47 Å². The summed E-state index contributed by atoms with van der Waals surface area (Å²) in [5.74, 6) is 0.670. The van der Waals surface area contributed by atoms with E-state index in [2.05, 4.69) is 11.4 Å². The van der Waals surface area contributed by atoms with Gasteiger partial charge in [0.1, 0.15) is 5.75 Å². The Morgan fingerprint density at radius 2 is 1.69 bits per heavy atom. The van der Waals surface area contributed by atoms with Crippen molar-refractivity contribution in [2.24, 2.45) is 11.8 Å². The van der Waals surface area contributed by atoms with Gasteiger partial charge in [-0.05, 0) is 48.7 Å². The minimum absolute atomic E-state index is 0.137. The average Bonchev–Trinajstić information content (AvgIpc) is 2.68. The van der Waals surface area contributed by atoms with Crippen molar-refractivity contribution in [3.8, 4) is 5.75 Å². The van der Waals surface area contributed by atoms with Gasteiger partial charge in [0, 0.05) is 11.4 Å². The van der Waals surface area contributed by atoms with Gasteiger partial charge in [-0.15, -0.1) is 0 Å². The van der Waals surface area contributed by atoms with Crippen molar-refractivity contribution in [3.05, 3.63) is 66.7 Å². The molecule has 2 unspecified atom stereocenters. The number of carbonyl (C=O) groups excluding carboxylic acids is 1. The number of esters is 1. The number of methoxy groups -OCH3 is 1. The number of hydrogen-bond acceptors (Lipinski definition) is 4. The number of carbonyl (C=O) groups is 1. The molecule has 0 radical (unpaired) electrons. The van der Waals surface area contributed by atoms with Gasteiger partial charge in [-0.3, -0.25) is 4.79 Å². The first-order valence-corrected chi connectivity index (χ1v) is 8.89. The van der Waals surface area contributed by atoms with Crippen LogP contribution < -0.4 is 10.1 Å². The molecule has 4 heteroatoms. The molecule has 1 N–H and O–H groups in total. The Balaban J connectivity index is 1.73. The van der Waals surface area contributed by atoms with Crippen molar-refractivity contribution in [1.29, 1.82) is 0 Å². The fourth-order valence-corrected chi connectivity index (χ4v) is 2.45. The van der Waals surface area contributed by atoms with Gasteiger partial charge in [0.15, 0.2) is 0 Å². The molecule has 2 aromatic rings. The first-order chi connectivity index (χ1) is 12.6. The largest absolute Gasteiger partial charge is 0.493 e. The Morgan fingerprint density at radius 3 is 2.35 bits per heavy atom. The summed E-state index contributed by atoms with van der Waals surface area (Å²) in [6, 6.07) is 18.0. The van der Waals surface area contributed by atoms with E-state index in [0.29, 0.717) is 6.61 Å². The maximum atomic E-state index is 11.5. The number of hydrogen-bond donors (Lipinski definition) is 1. The van der Waals surface area contributed by atoms with Crippen LogP contribution in [0.1, 0.15) is 20.3 Å². The maximum Gasteiger partial charge on any atom is 0.308 e. The molecule has 0 spiro atoms. The van der Waals surface area contributed by atoms with Crippen molar-refractivity contribution in [2.45, 2.75) is 20.3 Å². The van der Waals surface area contributed by atoms with Gasteiger partial charge in [-0.2, -0.15) is 0 Å². The summed E-state index contributed by atoms with van der Waals surface area (Å²) in [6.45, 7) is 4.49. The zero-order chi connectivity index (χ0) is 18.8. The lowest BCUT2D eigenvalue weighted by molar-refractivity contribution is -0.145. The molecule has 0 saturated carbocycles. The second kappa shape index (κ2) is 10.3. The van der Waals surface area contributed by atoms with Crippen LogP contribution in [0.5, 0.6) is 5.75 Å². The monoisotopic (exact) mass is 353 g/mol. The van der Waals surface area contributed by atoms with Crippen molar-refractivity contribution in [1.82, 2.24) is 0 Å². The number of anilines is 2. The van der Waals surface area contributed by atoms with Crippen LogP contribution in [0.2, 0.25) is 0 Å². The zero-order valence-electron chi connectivity index (χ0n) is 15.6. The molecule has 138 valence electrons. The van der Waals surface area contributed by atoms with Gasteiger partial charge in [-0.1, -0.05) is 44.2 Å². The summed E-state index contributed by atoms with van der Waals surface area (Å²) >= 11 is 0. The second-order valence-electron chi connectivity index (χ2n) is 6.25. The van der Waals surface area contributed by atoms with Crippen LogP contribution in [0.15, 0.2) is 66.7 Å². The average molecular weight is 353 g/mol. The number of ether oxygens (including phenoxy) is 2. The van der Waals surface area contributed by atoms with Crippen LogP contribution in [0.4, 0.5) is 11.4 Å². The molecule has 0 fully saturated rings. The van der Waals surface area contributed by atoms with E-state index in [1.807, 2.05) is 74.5 Å².